The number of amides is 1. The molecule has 0 saturated heterocycles. The van der Waals surface area contributed by atoms with Crippen molar-refractivity contribution in [2.45, 2.75) is 46.1 Å². The predicted octanol–water partition coefficient (Wildman–Crippen LogP) is 2.63. The summed E-state index contributed by atoms with van der Waals surface area (Å²) in [4.78, 5) is 27.5. The molecule has 106 valence electrons. The molecule has 1 aromatic heterocycles. The SMILES string of the molecule is CCOC(=O)c1nc(C(=O)NC(C)(CC)CC)cs1. The molecule has 0 fully saturated rings. The second kappa shape index (κ2) is 6.65. The van der Waals surface area contributed by atoms with Crippen molar-refractivity contribution in [3.05, 3.63) is 16.1 Å². The van der Waals surface area contributed by atoms with Gasteiger partial charge >= 0.3 is 5.97 Å². The number of carbonyl (C=O) groups is 2. The zero-order chi connectivity index (χ0) is 14.5. The molecule has 0 bridgehead atoms. The Labute approximate surface area is 117 Å². The van der Waals surface area contributed by atoms with Gasteiger partial charge in [0.05, 0.1) is 6.61 Å². The first-order chi connectivity index (χ1) is 8.95. The van der Waals surface area contributed by atoms with Crippen molar-refractivity contribution in [3.8, 4) is 0 Å². The van der Waals surface area contributed by atoms with Gasteiger partial charge in [-0.1, -0.05) is 13.8 Å². The maximum atomic E-state index is 12.1. The van der Waals surface area contributed by atoms with Crippen LogP contribution in [-0.2, 0) is 4.74 Å². The van der Waals surface area contributed by atoms with Crippen LogP contribution in [0.15, 0.2) is 5.38 Å². The minimum atomic E-state index is -0.486. The fourth-order valence-electron chi connectivity index (χ4n) is 1.43. The van der Waals surface area contributed by atoms with E-state index in [2.05, 4.69) is 10.3 Å². The lowest BCUT2D eigenvalue weighted by Crippen LogP contribution is -2.45. The Bertz CT molecular complexity index is 452. The quantitative estimate of drug-likeness (QED) is 0.815. The average Bonchev–Trinajstić information content (AvgIpc) is 2.88. The third-order valence-corrected chi connectivity index (χ3v) is 3.99. The standard InChI is InChI=1S/C13H20N2O3S/c1-5-13(4,6-2)15-10(16)9-8-19-11(14-9)12(17)18-7-3/h8H,5-7H2,1-4H3,(H,15,16). The second-order valence-corrected chi connectivity index (χ2v) is 5.34. The highest BCUT2D eigenvalue weighted by molar-refractivity contribution is 7.11. The summed E-state index contributed by atoms with van der Waals surface area (Å²) in [6, 6.07) is 0. The molecule has 0 aliphatic carbocycles. The van der Waals surface area contributed by atoms with Crippen molar-refractivity contribution >= 4 is 23.2 Å². The minimum absolute atomic E-state index is 0.210. The van der Waals surface area contributed by atoms with E-state index < -0.39 is 5.97 Å². The van der Waals surface area contributed by atoms with Crippen LogP contribution in [0.4, 0.5) is 0 Å². The highest BCUT2D eigenvalue weighted by Crippen LogP contribution is 2.16. The van der Waals surface area contributed by atoms with Crippen molar-refractivity contribution in [3.63, 3.8) is 0 Å². The third-order valence-electron chi connectivity index (χ3n) is 3.16. The molecule has 0 radical (unpaired) electrons. The van der Waals surface area contributed by atoms with Crippen molar-refractivity contribution in [2.75, 3.05) is 6.61 Å². The summed E-state index contributed by atoms with van der Waals surface area (Å²) in [5.74, 6) is -0.738. The van der Waals surface area contributed by atoms with Crippen LogP contribution in [0.2, 0.25) is 0 Å². The Morgan fingerprint density at radius 2 is 2.00 bits per heavy atom. The molecule has 1 heterocycles. The van der Waals surface area contributed by atoms with Gasteiger partial charge in [0.25, 0.3) is 5.91 Å². The molecule has 1 N–H and O–H groups in total. The molecule has 0 aliphatic heterocycles. The van der Waals surface area contributed by atoms with Gasteiger partial charge in [0, 0.05) is 10.9 Å². The van der Waals surface area contributed by atoms with E-state index in [4.69, 9.17) is 4.74 Å². The Morgan fingerprint density at radius 1 is 1.37 bits per heavy atom. The molecule has 19 heavy (non-hydrogen) atoms. The van der Waals surface area contributed by atoms with Crippen LogP contribution in [-0.4, -0.2) is 29.0 Å². The number of rotatable bonds is 6. The Hall–Kier alpha value is -1.43. The van der Waals surface area contributed by atoms with Crippen LogP contribution >= 0.6 is 11.3 Å². The molecule has 6 heteroatoms. The number of aromatic nitrogens is 1. The highest BCUT2D eigenvalue weighted by atomic mass is 32.1. The van der Waals surface area contributed by atoms with Gasteiger partial charge in [0.2, 0.25) is 5.01 Å². The molecule has 0 atom stereocenters. The first-order valence-electron chi connectivity index (χ1n) is 6.41. The molecular weight excluding hydrogens is 264 g/mol. The van der Waals surface area contributed by atoms with E-state index >= 15 is 0 Å². The number of hydrogen-bond acceptors (Lipinski definition) is 5. The molecule has 0 unspecified atom stereocenters. The van der Waals surface area contributed by atoms with Gasteiger partial charge in [0.15, 0.2) is 0 Å². The smallest absolute Gasteiger partial charge is 0.367 e. The first kappa shape index (κ1) is 15.6. The predicted molar refractivity (Wildman–Crippen MR) is 74.5 cm³/mol. The van der Waals surface area contributed by atoms with Crippen molar-refractivity contribution < 1.29 is 14.3 Å². The van der Waals surface area contributed by atoms with Gasteiger partial charge in [-0.3, -0.25) is 4.79 Å². The van der Waals surface area contributed by atoms with Gasteiger partial charge in [-0.25, -0.2) is 9.78 Å². The van der Waals surface area contributed by atoms with Crippen LogP contribution in [0.25, 0.3) is 0 Å². The van der Waals surface area contributed by atoms with Gasteiger partial charge in [-0.05, 0) is 26.7 Å². The van der Waals surface area contributed by atoms with Gasteiger partial charge < -0.3 is 10.1 Å². The van der Waals surface area contributed by atoms with Crippen molar-refractivity contribution in [1.29, 1.82) is 0 Å². The number of nitrogens with zero attached hydrogens (tertiary/aromatic N) is 1. The van der Waals surface area contributed by atoms with Crippen LogP contribution in [0.3, 0.4) is 0 Å². The van der Waals surface area contributed by atoms with E-state index in [0.717, 1.165) is 24.2 Å². The lowest BCUT2D eigenvalue weighted by molar-refractivity contribution is 0.0526. The molecule has 1 aromatic rings. The zero-order valence-electron chi connectivity index (χ0n) is 11.8. The van der Waals surface area contributed by atoms with Gasteiger partial charge in [-0.2, -0.15) is 0 Å². The number of ether oxygens (including phenoxy) is 1. The summed E-state index contributed by atoms with van der Waals surface area (Å²) in [6.45, 7) is 8.06. The summed E-state index contributed by atoms with van der Waals surface area (Å²) in [5.41, 5.74) is 0.0197. The molecule has 0 saturated carbocycles. The minimum Gasteiger partial charge on any atom is -0.461 e. The maximum absolute atomic E-state index is 12.1. The van der Waals surface area contributed by atoms with Crippen molar-refractivity contribution in [2.24, 2.45) is 0 Å². The largest absolute Gasteiger partial charge is 0.461 e. The molecular formula is C13H20N2O3S. The van der Waals surface area contributed by atoms with Crippen LogP contribution < -0.4 is 5.32 Å². The number of hydrogen-bond donors (Lipinski definition) is 1. The molecule has 0 aliphatic rings. The van der Waals surface area contributed by atoms with E-state index in [0.29, 0.717) is 6.61 Å². The third kappa shape index (κ3) is 4.02. The first-order valence-corrected chi connectivity index (χ1v) is 7.28. The number of carbonyl (C=O) groups excluding carboxylic acids is 2. The normalized spacial score (nSPS) is 11.2. The Balaban J connectivity index is 2.76. The van der Waals surface area contributed by atoms with E-state index in [1.807, 2.05) is 20.8 Å². The van der Waals surface area contributed by atoms with Gasteiger partial charge in [-0.15, -0.1) is 11.3 Å². The van der Waals surface area contributed by atoms with Crippen LogP contribution in [0.1, 0.15) is 60.8 Å². The zero-order valence-corrected chi connectivity index (χ0v) is 12.6. The Morgan fingerprint density at radius 3 is 2.53 bits per heavy atom. The summed E-state index contributed by atoms with van der Waals surface area (Å²) >= 11 is 1.12. The summed E-state index contributed by atoms with van der Waals surface area (Å²) in [7, 11) is 0. The highest BCUT2D eigenvalue weighted by Gasteiger charge is 2.24. The molecule has 1 amide bonds. The van der Waals surface area contributed by atoms with Crippen LogP contribution in [0.5, 0.6) is 0 Å². The van der Waals surface area contributed by atoms with E-state index in [1.165, 1.54) is 0 Å². The maximum Gasteiger partial charge on any atom is 0.367 e. The summed E-state index contributed by atoms with van der Waals surface area (Å²) in [5, 5.41) is 4.73. The van der Waals surface area contributed by atoms with E-state index in [-0.39, 0.29) is 22.1 Å². The molecule has 1 rings (SSSR count). The van der Waals surface area contributed by atoms with Gasteiger partial charge in [0.1, 0.15) is 5.69 Å². The van der Waals surface area contributed by atoms with Crippen molar-refractivity contribution in [1.82, 2.24) is 10.3 Å². The molecule has 0 aromatic carbocycles. The summed E-state index contributed by atoms with van der Waals surface area (Å²) in [6.07, 6.45) is 1.67. The van der Waals surface area contributed by atoms with Crippen LogP contribution in [0, 0.1) is 0 Å². The fraction of sp³-hybridized carbons (Fsp3) is 0.615. The average molecular weight is 284 g/mol. The molecule has 5 nitrogen and oxygen atoms in total. The monoisotopic (exact) mass is 284 g/mol. The number of thiazole rings is 1. The number of nitrogens with one attached hydrogen (secondary N) is 1. The van der Waals surface area contributed by atoms with E-state index in [1.54, 1.807) is 12.3 Å². The second-order valence-electron chi connectivity index (χ2n) is 4.48. The Kier molecular flexibility index (Phi) is 5.47. The lowest BCUT2D eigenvalue weighted by Gasteiger charge is -2.27. The topological polar surface area (TPSA) is 68.3 Å². The number of esters is 1. The molecule has 0 spiro atoms. The fourth-order valence-corrected chi connectivity index (χ4v) is 2.12. The van der Waals surface area contributed by atoms with E-state index in [9.17, 15) is 9.59 Å². The lowest BCUT2D eigenvalue weighted by atomic mass is 9.95. The summed E-state index contributed by atoms with van der Waals surface area (Å²) < 4.78 is 4.84.